The fourth-order valence-electron chi connectivity index (χ4n) is 2.61. The van der Waals surface area contributed by atoms with Crippen LogP contribution in [0.2, 0.25) is 0 Å². The van der Waals surface area contributed by atoms with Crippen LogP contribution < -0.4 is 4.18 Å². The molecule has 0 aliphatic heterocycles. The number of non-ortho nitro benzene ring substituents is 1. The van der Waals surface area contributed by atoms with Gasteiger partial charge in [-0.3, -0.25) is 10.1 Å². The van der Waals surface area contributed by atoms with Gasteiger partial charge in [-0.25, -0.2) is 0 Å². The first-order chi connectivity index (χ1) is 10.8. The van der Waals surface area contributed by atoms with E-state index in [1.165, 1.54) is 12.1 Å². The van der Waals surface area contributed by atoms with Crippen molar-refractivity contribution in [1.82, 2.24) is 0 Å². The topological polar surface area (TPSA) is 86.5 Å². The molecule has 2 aromatic rings. The molecule has 2 aromatic carbocycles. The summed E-state index contributed by atoms with van der Waals surface area (Å²) < 4.78 is 30.7. The quantitative estimate of drug-likeness (QED) is 0.444. The van der Waals surface area contributed by atoms with Crippen LogP contribution in [0.4, 0.5) is 5.69 Å². The summed E-state index contributed by atoms with van der Waals surface area (Å²) in [6.07, 6.45) is 0.885. The lowest BCUT2D eigenvalue weighted by atomic mass is 9.78. The maximum absolute atomic E-state index is 12.4. The van der Waals surface area contributed by atoms with Gasteiger partial charge in [-0.15, -0.1) is 0 Å². The Morgan fingerprint density at radius 1 is 1.22 bits per heavy atom. The Kier molecular flexibility index (Phi) is 3.89. The van der Waals surface area contributed by atoms with Crippen molar-refractivity contribution < 1.29 is 17.5 Å². The fourth-order valence-corrected chi connectivity index (χ4v) is 4.11. The molecule has 0 radical (unpaired) electrons. The number of nitrogens with zero attached hydrogens (tertiary/aromatic N) is 1. The summed E-state index contributed by atoms with van der Waals surface area (Å²) in [6.45, 7) is 2.00. The number of hydrogen-bond donors (Lipinski definition) is 0. The number of fused-ring (bicyclic) bond motifs is 1. The first kappa shape index (κ1) is 15.9. The minimum atomic E-state index is -4.06. The van der Waals surface area contributed by atoms with Gasteiger partial charge in [-0.2, -0.15) is 8.42 Å². The smallest absolute Gasteiger partial charge is 0.339 e. The number of rotatable bonds is 4. The first-order valence-corrected chi connectivity index (χ1v) is 9.00. The fraction of sp³-hybridized carbons (Fsp3) is 0.200. The third kappa shape index (κ3) is 2.84. The Morgan fingerprint density at radius 2 is 1.87 bits per heavy atom. The third-order valence-corrected chi connectivity index (χ3v) is 5.65. The zero-order chi connectivity index (χ0) is 16.8. The molecule has 8 heteroatoms. The number of nitro groups is 1. The van der Waals surface area contributed by atoms with Crippen LogP contribution in [0.1, 0.15) is 24.0 Å². The largest absolute Gasteiger partial charge is 0.377 e. The van der Waals surface area contributed by atoms with Crippen molar-refractivity contribution in [3.63, 3.8) is 0 Å². The maximum Gasteiger partial charge on any atom is 0.339 e. The number of benzene rings is 2. The average Bonchev–Trinajstić information content (AvgIpc) is 2.49. The molecule has 1 aliphatic rings. The van der Waals surface area contributed by atoms with Crippen LogP contribution in [0.3, 0.4) is 0 Å². The van der Waals surface area contributed by atoms with E-state index in [0.717, 1.165) is 29.7 Å². The molecule has 120 valence electrons. The molecule has 0 spiro atoms. The van der Waals surface area contributed by atoms with Crippen LogP contribution >= 0.6 is 15.9 Å². The van der Waals surface area contributed by atoms with Crippen molar-refractivity contribution in [3.8, 4) is 5.75 Å². The summed E-state index contributed by atoms with van der Waals surface area (Å²) in [4.78, 5) is 9.93. The van der Waals surface area contributed by atoms with Crippen LogP contribution in [-0.4, -0.2) is 13.3 Å². The van der Waals surface area contributed by atoms with Gasteiger partial charge in [0.2, 0.25) is 0 Å². The summed E-state index contributed by atoms with van der Waals surface area (Å²) in [6, 6.07) is 8.30. The highest BCUT2D eigenvalue weighted by molar-refractivity contribution is 9.10. The van der Waals surface area contributed by atoms with Crippen molar-refractivity contribution >= 4 is 31.7 Å². The van der Waals surface area contributed by atoms with Crippen molar-refractivity contribution in [1.29, 1.82) is 0 Å². The molecule has 0 saturated heterocycles. The van der Waals surface area contributed by atoms with E-state index >= 15 is 0 Å². The Hall–Kier alpha value is -1.93. The molecule has 1 unspecified atom stereocenters. The standard InChI is InChI=1S/C15H12BrNO5S/c1-9-8-10-2-7-13(16)15(14(9)10)22-23(20,21)12-5-3-11(4-6-12)17(18)19/h2-7,9H,8H2,1H3. The summed E-state index contributed by atoms with van der Waals surface area (Å²) in [5.74, 6) is 0.518. The van der Waals surface area contributed by atoms with Gasteiger partial charge in [0.15, 0.2) is 5.75 Å². The molecule has 23 heavy (non-hydrogen) atoms. The Labute approximate surface area is 141 Å². The van der Waals surface area contributed by atoms with E-state index in [0.29, 0.717) is 10.2 Å². The molecule has 0 saturated carbocycles. The van der Waals surface area contributed by atoms with Crippen molar-refractivity contribution in [2.45, 2.75) is 24.2 Å². The SMILES string of the molecule is CC1Cc2ccc(Br)c(OS(=O)(=O)c3ccc([N+](=O)[O-])cc3)c21. The van der Waals surface area contributed by atoms with Crippen LogP contribution in [0, 0.1) is 10.1 Å². The van der Waals surface area contributed by atoms with Gasteiger partial charge in [0.1, 0.15) is 4.90 Å². The predicted octanol–water partition coefficient (Wildman–Crippen LogP) is 3.78. The first-order valence-electron chi connectivity index (χ1n) is 6.80. The van der Waals surface area contributed by atoms with E-state index in [1.54, 1.807) is 6.07 Å². The van der Waals surface area contributed by atoms with Gasteiger partial charge < -0.3 is 4.18 Å². The zero-order valence-electron chi connectivity index (χ0n) is 12.0. The van der Waals surface area contributed by atoms with Gasteiger partial charge in [-0.1, -0.05) is 13.0 Å². The average molecular weight is 398 g/mol. The van der Waals surface area contributed by atoms with Gasteiger partial charge in [0.05, 0.1) is 9.40 Å². The molecule has 3 rings (SSSR count). The Morgan fingerprint density at radius 3 is 2.43 bits per heavy atom. The molecular formula is C15H12BrNO5S. The number of nitro benzene ring substituents is 1. The highest BCUT2D eigenvalue weighted by Crippen LogP contribution is 2.45. The van der Waals surface area contributed by atoms with Gasteiger partial charge >= 0.3 is 10.1 Å². The second-order valence-electron chi connectivity index (χ2n) is 5.34. The summed E-state index contributed by atoms with van der Waals surface area (Å²) in [5.41, 5.74) is 1.77. The van der Waals surface area contributed by atoms with E-state index in [4.69, 9.17) is 4.18 Å². The number of hydrogen-bond acceptors (Lipinski definition) is 5. The van der Waals surface area contributed by atoms with E-state index in [9.17, 15) is 18.5 Å². The van der Waals surface area contributed by atoms with Gasteiger partial charge in [-0.05, 0) is 52.0 Å². The minimum absolute atomic E-state index is 0.125. The minimum Gasteiger partial charge on any atom is -0.377 e. The Bertz CT molecular complexity index is 893. The van der Waals surface area contributed by atoms with Gasteiger partial charge in [0.25, 0.3) is 5.69 Å². The molecule has 0 bridgehead atoms. The monoisotopic (exact) mass is 397 g/mol. The highest BCUT2D eigenvalue weighted by atomic mass is 79.9. The molecule has 1 aliphatic carbocycles. The van der Waals surface area contributed by atoms with Crippen LogP contribution in [-0.2, 0) is 16.5 Å². The molecule has 6 nitrogen and oxygen atoms in total. The molecule has 1 atom stereocenters. The van der Waals surface area contributed by atoms with E-state index in [-0.39, 0.29) is 16.5 Å². The molecule has 0 fully saturated rings. The lowest BCUT2D eigenvalue weighted by molar-refractivity contribution is -0.384. The molecule has 0 amide bonds. The summed E-state index contributed by atoms with van der Waals surface area (Å²) in [7, 11) is -4.06. The second kappa shape index (κ2) is 5.61. The second-order valence-corrected chi connectivity index (χ2v) is 7.74. The van der Waals surface area contributed by atoms with Crippen LogP contribution in [0.5, 0.6) is 5.75 Å². The molecule has 0 aromatic heterocycles. The zero-order valence-corrected chi connectivity index (χ0v) is 14.4. The lowest BCUT2D eigenvalue weighted by Crippen LogP contribution is -2.19. The predicted molar refractivity (Wildman–Crippen MR) is 87.2 cm³/mol. The van der Waals surface area contributed by atoms with Crippen LogP contribution in [0.15, 0.2) is 45.8 Å². The van der Waals surface area contributed by atoms with E-state index in [1.807, 2.05) is 13.0 Å². The molecular weight excluding hydrogens is 386 g/mol. The molecule has 0 heterocycles. The third-order valence-electron chi connectivity index (χ3n) is 3.79. The van der Waals surface area contributed by atoms with Crippen molar-refractivity contribution in [2.75, 3.05) is 0 Å². The van der Waals surface area contributed by atoms with Crippen molar-refractivity contribution in [3.05, 3.63) is 62.1 Å². The normalized spacial score (nSPS) is 16.3. The molecule has 0 N–H and O–H groups in total. The van der Waals surface area contributed by atoms with Gasteiger partial charge in [0, 0.05) is 17.7 Å². The van der Waals surface area contributed by atoms with Crippen molar-refractivity contribution in [2.24, 2.45) is 0 Å². The summed E-state index contributed by atoms with van der Waals surface area (Å²) in [5, 5.41) is 10.6. The number of halogens is 1. The highest BCUT2D eigenvalue weighted by Gasteiger charge is 2.30. The van der Waals surface area contributed by atoms with E-state index < -0.39 is 15.0 Å². The summed E-state index contributed by atoms with van der Waals surface area (Å²) >= 11 is 3.32. The Balaban J connectivity index is 1.96. The van der Waals surface area contributed by atoms with E-state index in [2.05, 4.69) is 15.9 Å². The maximum atomic E-state index is 12.4. The van der Waals surface area contributed by atoms with Crippen LogP contribution in [0.25, 0.3) is 0 Å². The lowest BCUT2D eigenvalue weighted by Gasteiger charge is -2.29.